The average molecular weight is 347 g/mol. The lowest BCUT2D eigenvalue weighted by molar-refractivity contribution is 0.240. The second-order valence-corrected chi connectivity index (χ2v) is 5.93. The summed E-state index contributed by atoms with van der Waals surface area (Å²) in [5.41, 5.74) is 1.95. The summed E-state index contributed by atoms with van der Waals surface area (Å²) in [6.45, 7) is 2.18. The number of amides is 2. The first-order valence-electron chi connectivity index (χ1n) is 7.85. The Bertz CT molecular complexity index is 704. The van der Waals surface area contributed by atoms with E-state index >= 15 is 0 Å². The van der Waals surface area contributed by atoms with Gasteiger partial charge in [0.2, 0.25) is 0 Å². The van der Waals surface area contributed by atoms with Crippen LogP contribution in [0, 0.1) is 0 Å². The van der Waals surface area contributed by atoms with Gasteiger partial charge in [0, 0.05) is 24.5 Å². The number of ether oxygens (including phenoxy) is 2. The molecule has 0 spiro atoms. The van der Waals surface area contributed by atoms with Crippen LogP contribution in [0.4, 0.5) is 4.79 Å². The minimum Gasteiger partial charge on any atom is -0.490 e. The molecule has 2 amide bonds. The van der Waals surface area contributed by atoms with Gasteiger partial charge in [0.1, 0.15) is 0 Å². The van der Waals surface area contributed by atoms with Gasteiger partial charge in [0.25, 0.3) is 0 Å². The molecule has 24 heavy (non-hydrogen) atoms. The van der Waals surface area contributed by atoms with Gasteiger partial charge < -0.3 is 20.1 Å². The Kier molecular flexibility index (Phi) is 5.43. The fourth-order valence-corrected chi connectivity index (χ4v) is 2.47. The molecule has 5 nitrogen and oxygen atoms in total. The summed E-state index contributed by atoms with van der Waals surface area (Å²) in [4.78, 5) is 11.9. The van der Waals surface area contributed by atoms with E-state index in [0.717, 1.165) is 29.0 Å². The van der Waals surface area contributed by atoms with Gasteiger partial charge >= 0.3 is 6.03 Å². The molecule has 1 aliphatic rings. The minimum atomic E-state index is -0.225. The Balaban J connectivity index is 1.49. The summed E-state index contributed by atoms with van der Waals surface area (Å²) >= 11 is 5.83. The summed E-state index contributed by atoms with van der Waals surface area (Å²) in [7, 11) is 0. The molecule has 126 valence electrons. The second kappa shape index (κ2) is 7.93. The number of carbonyl (C=O) groups excluding carboxylic acids is 1. The van der Waals surface area contributed by atoms with Crippen molar-refractivity contribution in [2.45, 2.75) is 19.5 Å². The van der Waals surface area contributed by atoms with Crippen molar-refractivity contribution >= 4 is 17.6 Å². The molecule has 6 heteroatoms. The molecule has 0 saturated carbocycles. The second-order valence-electron chi connectivity index (χ2n) is 5.49. The molecule has 1 heterocycles. The molecule has 0 radical (unpaired) electrons. The quantitative estimate of drug-likeness (QED) is 0.890. The van der Waals surface area contributed by atoms with Crippen molar-refractivity contribution in [1.29, 1.82) is 0 Å². The van der Waals surface area contributed by atoms with Crippen molar-refractivity contribution in [2.75, 3.05) is 13.2 Å². The SMILES string of the molecule is O=C(NCc1ccc(Cl)cc1)NCc1ccc2c(c1)OCCCO2. The van der Waals surface area contributed by atoms with Crippen molar-refractivity contribution in [3.05, 3.63) is 58.6 Å². The molecule has 0 bridgehead atoms. The van der Waals surface area contributed by atoms with Crippen LogP contribution in [-0.2, 0) is 13.1 Å². The number of urea groups is 1. The van der Waals surface area contributed by atoms with Crippen LogP contribution in [0.5, 0.6) is 11.5 Å². The third kappa shape index (κ3) is 4.55. The molecule has 2 aromatic rings. The van der Waals surface area contributed by atoms with Crippen molar-refractivity contribution in [3.63, 3.8) is 0 Å². The predicted molar refractivity (Wildman–Crippen MR) is 92.6 cm³/mol. The van der Waals surface area contributed by atoms with Crippen LogP contribution < -0.4 is 20.1 Å². The summed E-state index contributed by atoms with van der Waals surface area (Å²) in [5, 5.41) is 6.32. The van der Waals surface area contributed by atoms with Gasteiger partial charge in [0.05, 0.1) is 13.2 Å². The van der Waals surface area contributed by atoms with Crippen LogP contribution in [0.2, 0.25) is 5.02 Å². The summed E-state index contributed by atoms with van der Waals surface area (Å²) in [6, 6.07) is 12.8. The van der Waals surface area contributed by atoms with Gasteiger partial charge in [-0.15, -0.1) is 0 Å². The number of hydrogen-bond acceptors (Lipinski definition) is 3. The lowest BCUT2D eigenvalue weighted by Gasteiger charge is -2.11. The number of nitrogens with one attached hydrogen (secondary N) is 2. The molecular weight excluding hydrogens is 328 g/mol. The molecule has 0 aromatic heterocycles. The van der Waals surface area contributed by atoms with Crippen molar-refractivity contribution in [2.24, 2.45) is 0 Å². The number of fused-ring (bicyclic) bond motifs is 1. The molecule has 2 aromatic carbocycles. The third-order valence-electron chi connectivity index (χ3n) is 3.63. The number of hydrogen-bond donors (Lipinski definition) is 2. The molecular formula is C18H19ClN2O3. The van der Waals surface area contributed by atoms with Crippen LogP contribution >= 0.6 is 11.6 Å². The maximum atomic E-state index is 11.9. The first kappa shape index (κ1) is 16.5. The fourth-order valence-electron chi connectivity index (χ4n) is 2.35. The zero-order valence-electron chi connectivity index (χ0n) is 13.2. The van der Waals surface area contributed by atoms with Crippen LogP contribution in [0.1, 0.15) is 17.5 Å². The van der Waals surface area contributed by atoms with E-state index in [1.165, 1.54) is 0 Å². The molecule has 3 rings (SSSR count). The van der Waals surface area contributed by atoms with Crippen molar-refractivity contribution in [1.82, 2.24) is 10.6 Å². The fraction of sp³-hybridized carbons (Fsp3) is 0.278. The first-order chi connectivity index (χ1) is 11.7. The van der Waals surface area contributed by atoms with E-state index in [1.54, 1.807) is 12.1 Å². The maximum Gasteiger partial charge on any atom is 0.315 e. The van der Waals surface area contributed by atoms with Gasteiger partial charge in [-0.2, -0.15) is 0 Å². The molecule has 0 saturated heterocycles. The van der Waals surface area contributed by atoms with Crippen LogP contribution in [-0.4, -0.2) is 19.2 Å². The molecule has 0 unspecified atom stereocenters. The monoisotopic (exact) mass is 346 g/mol. The predicted octanol–water partition coefficient (Wildman–Crippen LogP) is 3.50. The zero-order valence-corrected chi connectivity index (χ0v) is 13.9. The Morgan fingerprint density at radius 1 is 0.917 bits per heavy atom. The molecule has 1 aliphatic heterocycles. The highest BCUT2D eigenvalue weighted by Gasteiger charge is 2.11. The topological polar surface area (TPSA) is 59.6 Å². The summed E-state index contributed by atoms with van der Waals surface area (Å²) < 4.78 is 11.2. The highest BCUT2D eigenvalue weighted by atomic mass is 35.5. The standard InChI is InChI=1S/C18H19ClN2O3/c19-15-5-2-13(3-6-15)11-20-18(22)21-12-14-4-7-16-17(10-14)24-9-1-8-23-16/h2-7,10H,1,8-9,11-12H2,(H2,20,21,22). The number of rotatable bonds is 4. The van der Waals surface area contributed by atoms with E-state index in [0.29, 0.717) is 31.3 Å². The van der Waals surface area contributed by atoms with E-state index in [-0.39, 0.29) is 6.03 Å². The summed E-state index contributed by atoms with van der Waals surface area (Å²) in [5.74, 6) is 1.48. The van der Waals surface area contributed by atoms with E-state index in [1.807, 2.05) is 30.3 Å². The maximum absolute atomic E-state index is 11.9. The first-order valence-corrected chi connectivity index (χ1v) is 8.23. The minimum absolute atomic E-state index is 0.225. The van der Waals surface area contributed by atoms with E-state index in [2.05, 4.69) is 10.6 Å². The number of carbonyl (C=O) groups is 1. The smallest absolute Gasteiger partial charge is 0.315 e. The van der Waals surface area contributed by atoms with Crippen molar-refractivity contribution in [3.8, 4) is 11.5 Å². The van der Waals surface area contributed by atoms with E-state index in [9.17, 15) is 4.79 Å². The largest absolute Gasteiger partial charge is 0.490 e. The molecule has 0 fully saturated rings. The Hall–Kier alpha value is -2.40. The van der Waals surface area contributed by atoms with E-state index in [4.69, 9.17) is 21.1 Å². The Morgan fingerprint density at radius 2 is 1.54 bits per heavy atom. The van der Waals surface area contributed by atoms with Gasteiger partial charge in [-0.3, -0.25) is 0 Å². The van der Waals surface area contributed by atoms with Crippen LogP contribution in [0.15, 0.2) is 42.5 Å². The molecule has 0 aliphatic carbocycles. The Labute approximate surface area is 145 Å². The molecule has 2 N–H and O–H groups in total. The average Bonchev–Trinajstić information content (AvgIpc) is 2.84. The highest BCUT2D eigenvalue weighted by Crippen LogP contribution is 2.30. The van der Waals surface area contributed by atoms with Gasteiger partial charge in [-0.25, -0.2) is 4.79 Å². The van der Waals surface area contributed by atoms with Gasteiger partial charge in [-0.05, 0) is 35.4 Å². The number of benzene rings is 2. The third-order valence-corrected chi connectivity index (χ3v) is 3.88. The van der Waals surface area contributed by atoms with Crippen molar-refractivity contribution < 1.29 is 14.3 Å². The van der Waals surface area contributed by atoms with E-state index < -0.39 is 0 Å². The van der Waals surface area contributed by atoms with Gasteiger partial charge in [0.15, 0.2) is 11.5 Å². The zero-order chi connectivity index (χ0) is 16.8. The summed E-state index contributed by atoms with van der Waals surface area (Å²) in [6.07, 6.45) is 0.870. The number of halogens is 1. The Morgan fingerprint density at radius 3 is 2.29 bits per heavy atom. The normalized spacial score (nSPS) is 13.0. The molecule has 0 atom stereocenters. The van der Waals surface area contributed by atoms with Gasteiger partial charge in [-0.1, -0.05) is 29.8 Å². The lowest BCUT2D eigenvalue weighted by Crippen LogP contribution is -2.34. The van der Waals surface area contributed by atoms with Crippen LogP contribution in [0.3, 0.4) is 0 Å². The lowest BCUT2D eigenvalue weighted by atomic mass is 10.2. The van der Waals surface area contributed by atoms with Crippen LogP contribution in [0.25, 0.3) is 0 Å². The highest BCUT2D eigenvalue weighted by molar-refractivity contribution is 6.30.